The summed E-state index contributed by atoms with van der Waals surface area (Å²) >= 11 is 13.3. The first kappa shape index (κ1) is 28.5. The Balaban J connectivity index is 1.21. The van der Waals surface area contributed by atoms with Crippen molar-refractivity contribution in [3.8, 4) is 0 Å². The van der Waals surface area contributed by atoms with Gasteiger partial charge in [-0.25, -0.2) is 13.2 Å². The number of carboxylic acid groups (broad SMARTS) is 1. The molecule has 1 fully saturated rings. The van der Waals surface area contributed by atoms with E-state index in [2.05, 4.69) is 5.32 Å². The van der Waals surface area contributed by atoms with E-state index in [-0.39, 0.29) is 51.7 Å². The predicted molar refractivity (Wildman–Crippen MR) is 157 cm³/mol. The highest BCUT2D eigenvalue weighted by Crippen LogP contribution is 2.52. The van der Waals surface area contributed by atoms with E-state index >= 15 is 0 Å². The van der Waals surface area contributed by atoms with E-state index in [0.29, 0.717) is 35.2 Å². The van der Waals surface area contributed by atoms with Crippen LogP contribution in [0.2, 0.25) is 10.0 Å². The van der Waals surface area contributed by atoms with Gasteiger partial charge in [-0.1, -0.05) is 41.4 Å². The minimum atomic E-state index is -3.43. The Hall–Kier alpha value is -3.60. The fourth-order valence-corrected chi connectivity index (χ4v) is 7.63. The molecule has 42 heavy (non-hydrogen) atoms. The second-order valence-corrected chi connectivity index (χ2v) is 13.9. The van der Waals surface area contributed by atoms with Crippen LogP contribution in [0.4, 0.5) is 0 Å². The number of aliphatic carboxylic acids is 1. The third kappa shape index (κ3) is 4.91. The van der Waals surface area contributed by atoms with Gasteiger partial charge in [-0.3, -0.25) is 9.59 Å². The van der Waals surface area contributed by atoms with Gasteiger partial charge in [0.25, 0.3) is 11.8 Å². The van der Waals surface area contributed by atoms with Gasteiger partial charge in [0.2, 0.25) is 0 Å². The van der Waals surface area contributed by atoms with Gasteiger partial charge < -0.3 is 19.7 Å². The van der Waals surface area contributed by atoms with Crippen molar-refractivity contribution < 1.29 is 32.3 Å². The first-order valence-electron chi connectivity index (χ1n) is 13.3. The van der Waals surface area contributed by atoms with E-state index in [9.17, 15) is 27.9 Å². The van der Waals surface area contributed by atoms with Crippen molar-refractivity contribution in [3.05, 3.63) is 92.0 Å². The summed E-state index contributed by atoms with van der Waals surface area (Å²) in [5, 5.41) is 13.8. The van der Waals surface area contributed by atoms with Crippen LogP contribution < -0.4 is 5.32 Å². The normalized spacial score (nSPS) is 23.3. The summed E-state index contributed by atoms with van der Waals surface area (Å²) in [6.45, 7) is 0.590. The summed E-state index contributed by atoms with van der Waals surface area (Å²) < 4.78 is 29.5. The third-order valence-corrected chi connectivity index (χ3v) is 10.4. The number of carboxylic acids is 1. The molecule has 3 aliphatic rings. The molecule has 2 heterocycles. The Morgan fingerprint density at radius 3 is 2.69 bits per heavy atom. The molecule has 218 valence electrons. The Labute approximate surface area is 251 Å². The predicted octanol–water partition coefficient (Wildman–Crippen LogP) is 5.02. The Bertz CT molecular complexity index is 1850. The van der Waals surface area contributed by atoms with Gasteiger partial charge in [-0.15, -0.1) is 0 Å². The van der Waals surface area contributed by atoms with Crippen LogP contribution in [0.25, 0.3) is 11.0 Å². The lowest BCUT2D eigenvalue weighted by Crippen LogP contribution is -2.46. The number of rotatable bonds is 6. The topological polar surface area (TPSA) is 134 Å². The van der Waals surface area contributed by atoms with Crippen LogP contribution in [0.1, 0.15) is 44.7 Å². The highest BCUT2D eigenvalue weighted by atomic mass is 35.5. The van der Waals surface area contributed by atoms with Crippen LogP contribution in [-0.4, -0.2) is 54.5 Å². The molecule has 0 radical (unpaired) electrons. The molecule has 2 amide bonds. The molecule has 3 aromatic rings. The number of carbonyl (C=O) groups excluding carboxylic acids is 2. The van der Waals surface area contributed by atoms with Crippen molar-refractivity contribution in [3.63, 3.8) is 0 Å². The smallest absolute Gasteiger partial charge is 0.329 e. The van der Waals surface area contributed by atoms with Crippen molar-refractivity contribution in [2.45, 2.75) is 31.3 Å². The molecule has 0 saturated heterocycles. The number of hydrogen-bond donors (Lipinski definition) is 2. The number of hydrogen-bond acceptors (Lipinski definition) is 6. The van der Waals surface area contributed by atoms with Crippen molar-refractivity contribution >= 4 is 61.8 Å². The first-order chi connectivity index (χ1) is 19.9. The highest BCUT2D eigenvalue weighted by Gasteiger charge is 2.64. The lowest BCUT2D eigenvalue weighted by Gasteiger charge is -2.30. The number of halogens is 2. The number of benzene rings is 2. The summed E-state index contributed by atoms with van der Waals surface area (Å²) in [6.07, 6.45) is 8.25. The van der Waals surface area contributed by atoms with Gasteiger partial charge in [-0.2, -0.15) is 0 Å². The summed E-state index contributed by atoms with van der Waals surface area (Å²) in [7, 11) is -3.43. The van der Waals surface area contributed by atoms with Crippen LogP contribution in [0.15, 0.2) is 64.1 Å². The number of amides is 2. The second kappa shape index (κ2) is 10.3. The van der Waals surface area contributed by atoms with Gasteiger partial charge in [0.05, 0.1) is 21.9 Å². The number of allylic oxidation sites excluding steroid dienone is 4. The lowest BCUT2D eigenvalue weighted by molar-refractivity contribution is -0.141. The van der Waals surface area contributed by atoms with Gasteiger partial charge in [0, 0.05) is 41.1 Å². The van der Waals surface area contributed by atoms with Crippen LogP contribution in [0.3, 0.4) is 0 Å². The molecule has 1 aliphatic heterocycles. The summed E-state index contributed by atoms with van der Waals surface area (Å²) in [5.74, 6) is -2.99. The van der Waals surface area contributed by atoms with Crippen molar-refractivity contribution in [2.24, 2.45) is 11.8 Å². The number of nitrogens with zero attached hydrogens (tertiary/aromatic N) is 1. The Morgan fingerprint density at radius 1 is 1.17 bits per heavy atom. The van der Waals surface area contributed by atoms with Gasteiger partial charge in [-0.05, 0) is 66.6 Å². The number of sulfone groups is 1. The molecule has 9 nitrogen and oxygen atoms in total. The molecule has 0 bridgehead atoms. The molecule has 1 saturated carbocycles. The zero-order valence-electron chi connectivity index (χ0n) is 22.4. The molecular weight excluding hydrogens is 603 g/mol. The van der Waals surface area contributed by atoms with E-state index in [0.717, 1.165) is 11.6 Å². The second-order valence-electron chi connectivity index (χ2n) is 11.0. The number of carbonyl (C=O) groups is 3. The fraction of sp³-hybridized carbons (Fsp3) is 0.300. The van der Waals surface area contributed by atoms with Crippen LogP contribution in [0.5, 0.6) is 0 Å². The molecule has 3 unspecified atom stereocenters. The number of furan rings is 1. The van der Waals surface area contributed by atoms with Gasteiger partial charge in [0.15, 0.2) is 9.84 Å². The Morgan fingerprint density at radius 2 is 1.95 bits per heavy atom. The standard InChI is InChI=1S/C30H26Cl2N2O7S/c1-42(39,40)20-4-2-3-17(11-20)22-14-30(22,29(37)38)33-27(35)25-23(31)12-19-15-34(9-7-21(19)26(25)32)28(36)18-6-5-16-8-10-41-24(16)13-18/h2-6,8,10,12-13,17,22H,7,9,11,14-15H2,1H3,(H,33,35)(H,37,38). The summed E-state index contributed by atoms with van der Waals surface area (Å²) in [4.78, 5) is 41.0. The maximum atomic E-state index is 13.5. The molecule has 6 rings (SSSR count). The molecule has 0 spiro atoms. The van der Waals surface area contributed by atoms with E-state index in [1.54, 1.807) is 41.5 Å². The molecule has 2 aliphatic carbocycles. The minimum Gasteiger partial charge on any atom is -0.479 e. The van der Waals surface area contributed by atoms with E-state index < -0.39 is 33.2 Å². The maximum absolute atomic E-state index is 13.5. The van der Waals surface area contributed by atoms with Crippen LogP contribution >= 0.6 is 23.2 Å². The molecule has 2 N–H and O–H groups in total. The van der Waals surface area contributed by atoms with Crippen molar-refractivity contribution in [1.82, 2.24) is 10.2 Å². The zero-order chi connectivity index (χ0) is 30.0. The largest absolute Gasteiger partial charge is 0.479 e. The van der Waals surface area contributed by atoms with E-state index in [1.807, 2.05) is 12.1 Å². The average molecular weight is 630 g/mol. The summed E-state index contributed by atoms with van der Waals surface area (Å²) in [6, 6.07) is 8.68. The minimum absolute atomic E-state index is 0.0256. The number of nitrogens with one attached hydrogen (secondary N) is 1. The average Bonchev–Trinajstić information content (AvgIpc) is 3.48. The first-order valence-corrected chi connectivity index (χ1v) is 15.9. The van der Waals surface area contributed by atoms with Crippen LogP contribution in [0, 0.1) is 11.8 Å². The maximum Gasteiger partial charge on any atom is 0.329 e. The SMILES string of the molecule is CS(=O)(=O)C1=CC=CC(C2CC2(NC(=O)c2c(Cl)cc3c(c2Cl)CCN(C(=O)c2ccc4ccoc4c2)C3)C(=O)O)C1. The lowest BCUT2D eigenvalue weighted by atomic mass is 9.92. The molecule has 12 heteroatoms. The monoisotopic (exact) mass is 628 g/mol. The van der Waals surface area contributed by atoms with E-state index in [4.69, 9.17) is 27.6 Å². The van der Waals surface area contributed by atoms with Gasteiger partial charge in [0.1, 0.15) is 11.1 Å². The molecular formula is C30H26Cl2N2O7S. The Kier molecular flexibility index (Phi) is 6.99. The molecule has 3 atom stereocenters. The van der Waals surface area contributed by atoms with Crippen molar-refractivity contribution in [1.29, 1.82) is 0 Å². The van der Waals surface area contributed by atoms with Gasteiger partial charge >= 0.3 is 5.97 Å². The molecule has 1 aromatic heterocycles. The quantitative estimate of drug-likeness (QED) is 0.391. The van der Waals surface area contributed by atoms with E-state index in [1.165, 1.54) is 6.08 Å². The summed E-state index contributed by atoms with van der Waals surface area (Å²) in [5.41, 5.74) is 0.870. The molecule has 2 aromatic carbocycles. The fourth-order valence-electron chi connectivity index (χ4n) is 6.04. The van der Waals surface area contributed by atoms with Crippen molar-refractivity contribution in [2.75, 3.05) is 12.8 Å². The third-order valence-electron chi connectivity index (χ3n) is 8.43. The zero-order valence-corrected chi connectivity index (χ0v) is 24.7. The van der Waals surface area contributed by atoms with Crippen LogP contribution in [-0.2, 0) is 27.6 Å². The highest BCUT2D eigenvalue weighted by molar-refractivity contribution is 7.94. The number of fused-ring (bicyclic) bond motifs is 2.